The summed E-state index contributed by atoms with van der Waals surface area (Å²) in [7, 11) is 0. The Morgan fingerprint density at radius 2 is 1.83 bits per heavy atom. The quantitative estimate of drug-likeness (QED) is 0.282. The van der Waals surface area contributed by atoms with E-state index in [0.29, 0.717) is 22.9 Å². The highest BCUT2D eigenvalue weighted by Crippen LogP contribution is 2.21. The Bertz CT molecular complexity index is 1130. The summed E-state index contributed by atoms with van der Waals surface area (Å²) in [4.78, 5) is 39.9. The van der Waals surface area contributed by atoms with Gasteiger partial charge in [0.05, 0.1) is 5.39 Å². The summed E-state index contributed by atoms with van der Waals surface area (Å²) in [5, 5.41) is 5.15. The SMILES string of the molecule is CCCCCCn1nc(C(=O)OCC(=O)c2cc(C)sc2C)c2ccccc2c1=O. The zero-order chi connectivity index (χ0) is 21.7. The third kappa shape index (κ3) is 4.84. The Kier molecular flexibility index (Phi) is 7.15. The minimum Gasteiger partial charge on any atom is -0.452 e. The van der Waals surface area contributed by atoms with Crippen LogP contribution < -0.4 is 5.56 Å². The molecule has 0 bridgehead atoms. The lowest BCUT2D eigenvalue weighted by molar-refractivity contribution is 0.0468. The predicted octanol–water partition coefficient (Wildman–Crippen LogP) is 4.69. The molecule has 0 aliphatic rings. The van der Waals surface area contributed by atoms with E-state index in [9.17, 15) is 14.4 Å². The van der Waals surface area contributed by atoms with Gasteiger partial charge in [-0.25, -0.2) is 9.48 Å². The number of esters is 1. The van der Waals surface area contributed by atoms with Crippen molar-refractivity contribution < 1.29 is 14.3 Å². The number of hydrogen-bond donors (Lipinski definition) is 0. The lowest BCUT2D eigenvalue weighted by Crippen LogP contribution is -2.27. The van der Waals surface area contributed by atoms with E-state index in [1.54, 1.807) is 30.3 Å². The molecule has 7 heteroatoms. The van der Waals surface area contributed by atoms with Crippen LogP contribution in [0.2, 0.25) is 0 Å². The molecule has 158 valence electrons. The topological polar surface area (TPSA) is 78.3 Å². The van der Waals surface area contributed by atoms with Crippen molar-refractivity contribution in [2.45, 2.75) is 53.0 Å². The maximum absolute atomic E-state index is 12.8. The average Bonchev–Trinajstić information content (AvgIpc) is 3.08. The Morgan fingerprint density at radius 1 is 1.10 bits per heavy atom. The summed E-state index contributed by atoms with van der Waals surface area (Å²) in [6, 6.07) is 8.66. The molecule has 0 radical (unpaired) electrons. The van der Waals surface area contributed by atoms with Gasteiger partial charge in [0.25, 0.3) is 5.56 Å². The predicted molar refractivity (Wildman–Crippen MR) is 119 cm³/mol. The average molecular weight is 427 g/mol. The molecule has 2 heterocycles. The number of Topliss-reactive ketones (excluding diaryl/α,β-unsaturated/α-hetero) is 1. The zero-order valence-corrected chi connectivity index (χ0v) is 18.4. The summed E-state index contributed by atoms with van der Waals surface area (Å²) in [6.07, 6.45) is 3.98. The number of thiophene rings is 1. The Labute approximate surface area is 179 Å². The first-order chi connectivity index (χ1) is 14.4. The molecule has 3 rings (SSSR count). The third-order valence-corrected chi connectivity index (χ3v) is 5.93. The summed E-state index contributed by atoms with van der Waals surface area (Å²) in [6.45, 7) is 6.00. The fourth-order valence-corrected chi connectivity index (χ4v) is 4.35. The second-order valence-corrected chi connectivity index (χ2v) is 8.77. The molecule has 0 saturated heterocycles. The second kappa shape index (κ2) is 9.80. The zero-order valence-electron chi connectivity index (χ0n) is 17.6. The molecule has 0 fully saturated rings. The molecule has 0 aliphatic carbocycles. The van der Waals surface area contributed by atoms with Gasteiger partial charge in [0.2, 0.25) is 5.78 Å². The molecule has 0 saturated carbocycles. The van der Waals surface area contributed by atoms with Crippen LogP contribution in [0.3, 0.4) is 0 Å². The number of hydrogen-bond acceptors (Lipinski definition) is 6. The van der Waals surface area contributed by atoms with Crippen LogP contribution in [0.15, 0.2) is 35.1 Å². The molecule has 0 N–H and O–H groups in total. The van der Waals surface area contributed by atoms with Gasteiger partial charge in [0.15, 0.2) is 12.3 Å². The van der Waals surface area contributed by atoms with Gasteiger partial charge in [0, 0.05) is 27.2 Å². The van der Waals surface area contributed by atoms with Crippen molar-refractivity contribution in [3.8, 4) is 0 Å². The molecule has 0 atom stereocenters. The van der Waals surface area contributed by atoms with Crippen LogP contribution in [0, 0.1) is 13.8 Å². The molecule has 0 aliphatic heterocycles. The number of aromatic nitrogens is 2. The maximum atomic E-state index is 12.8. The first-order valence-corrected chi connectivity index (χ1v) is 11.0. The van der Waals surface area contributed by atoms with Gasteiger partial charge in [-0.1, -0.05) is 44.4 Å². The standard InChI is InChI=1S/C23H26N2O4S/c1-4-5-6-9-12-25-22(27)18-11-8-7-10-17(18)21(24-25)23(28)29-14-20(26)19-13-15(2)30-16(19)3/h7-8,10-11,13H,4-6,9,12,14H2,1-3H3. The van der Waals surface area contributed by atoms with Crippen LogP contribution in [0.1, 0.15) is 63.2 Å². The van der Waals surface area contributed by atoms with Crippen molar-refractivity contribution in [3.63, 3.8) is 0 Å². The molecule has 6 nitrogen and oxygen atoms in total. The molecule has 30 heavy (non-hydrogen) atoms. The van der Waals surface area contributed by atoms with Gasteiger partial charge in [0.1, 0.15) is 0 Å². The van der Waals surface area contributed by atoms with E-state index in [4.69, 9.17) is 4.74 Å². The number of ketones is 1. The number of benzene rings is 1. The number of rotatable bonds is 9. The van der Waals surface area contributed by atoms with E-state index in [1.165, 1.54) is 16.0 Å². The number of fused-ring (bicyclic) bond motifs is 1. The number of ether oxygens (including phenoxy) is 1. The van der Waals surface area contributed by atoms with Crippen LogP contribution in [0.25, 0.3) is 10.8 Å². The minimum absolute atomic E-state index is 0.0618. The van der Waals surface area contributed by atoms with Crippen LogP contribution in [0.4, 0.5) is 0 Å². The van der Waals surface area contributed by atoms with Crippen molar-refractivity contribution in [3.05, 3.63) is 61.7 Å². The van der Waals surface area contributed by atoms with Crippen LogP contribution in [0.5, 0.6) is 0 Å². The normalized spacial score (nSPS) is 11.0. The van der Waals surface area contributed by atoms with E-state index in [-0.39, 0.29) is 23.6 Å². The van der Waals surface area contributed by atoms with Gasteiger partial charge >= 0.3 is 5.97 Å². The number of carbonyl (C=O) groups excluding carboxylic acids is 2. The Hall–Kier alpha value is -2.80. The summed E-state index contributed by atoms with van der Waals surface area (Å²) >= 11 is 1.53. The number of unbranched alkanes of at least 4 members (excludes halogenated alkanes) is 3. The van der Waals surface area contributed by atoms with E-state index in [1.807, 2.05) is 13.8 Å². The highest BCUT2D eigenvalue weighted by atomic mass is 32.1. The van der Waals surface area contributed by atoms with E-state index in [0.717, 1.165) is 35.4 Å². The van der Waals surface area contributed by atoms with Crippen molar-refractivity contribution in [1.82, 2.24) is 9.78 Å². The van der Waals surface area contributed by atoms with Crippen molar-refractivity contribution in [1.29, 1.82) is 0 Å². The molecule has 0 amide bonds. The second-order valence-electron chi connectivity index (χ2n) is 7.31. The fraction of sp³-hybridized carbons (Fsp3) is 0.391. The van der Waals surface area contributed by atoms with Gasteiger partial charge in [-0.2, -0.15) is 5.10 Å². The monoisotopic (exact) mass is 426 g/mol. The van der Waals surface area contributed by atoms with Gasteiger partial charge in [-0.05, 0) is 32.4 Å². The number of aryl methyl sites for hydroxylation is 3. The van der Waals surface area contributed by atoms with Gasteiger partial charge in [-0.3, -0.25) is 9.59 Å². The summed E-state index contributed by atoms with van der Waals surface area (Å²) in [5.74, 6) is -0.950. The first kappa shape index (κ1) is 21.9. The molecule has 0 unspecified atom stereocenters. The molecular formula is C23H26N2O4S. The van der Waals surface area contributed by atoms with E-state index in [2.05, 4.69) is 12.0 Å². The van der Waals surface area contributed by atoms with Gasteiger partial charge < -0.3 is 4.74 Å². The number of nitrogens with zero attached hydrogens (tertiary/aromatic N) is 2. The Balaban J connectivity index is 1.83. The summed E-state index contributed by atoms with van der Waals surface area (Å²) in [5.41, 5.74) is 0.412. The fourth-order valence-electron chi connectivity index (χ4n) is 3.41. The smallest absolute Gasteiger partial charge is 0.359 e. The maximum Gasteiger partial charge on any atom is 0.359 e. The molecular weight excluding hydrogens is 400 g/mol. The highest BCUT2D eigenvalue weighted by molar-refractivity contribution is 7.12. The van der Waals surface area contributed by atoms with Gasteiger partial charge in [-0.15, -0.1) is 11.3 Å². The number of carbonyl (C=O) groups is 2. The molecule has 3 aromatic rings. The first-order valence-electron chi connectivity index (χ1n) is 10.2. The third-order valence-electron chi connectivity index (χ3n) is 4.96. The van der Waals surface area contributed by atoms with Crippen LogP contribution in [-0.4, -0.2) is 28.1 Å². The molecule has 2 aromatic heterocycles. The van der Waals surface area contributed by atoms with Crippen molar-refractivity contribution >= 4 is 33.9 Å². The lowest BCUT2D eigenvalue weighted by Gasteiger charge is -2.11. The van der Waals surface area contributed by atoms with Crippen molar-refractivity contribution in [2.75, 3.05) is 6.61 Å². The molecule has 0 spiro atoms. The Morgan fingerprint density at radius 3 is 2.50 bits per heavy atom. The largest absolute Gasteiger partial charge is 0.452 e. The van der Waals surface area contributed by atoms with Crippen molar-refractivity contribution in [2.24, 2.45) is 0 Å². The highest BCUT2D eigenvalue weighted by Gasteiger charge is 2.20. The minimum atomic E-state index is -0.702. The van der Waals surface area contributed by atoms with E-state index >= 15 is 0 Å². The van der Waals surface area contributed by atoms with Crippen LogP contribution in [-0.2, 0) is 11.3 Å². The molecule has 1 aromatic carbocycles. The lowest BCUT2D eigenvalue weighted by atomic mass is 10.1. The van der Waals surface area contributed by atoms with Crippen LogP contribution >= 0.6 is 11.3 Å². The summed E-state index contributed by atoms with van der Waals surface area (Å²) < 4.78 is 6.63. The van der Waals surface area contributed by atoms with E-state index < -0.39 is 5.97 Å².